The molecule has 472 valence electrons. The van der Waals surface area contributed by atoms with Crippen LogP contribution in [0.1, 0.15) is 73.7 Å². The Morgan fingerprint density at radius 1 is 0.372 bits per heavy atom. The van der Waals surface area contributed by atoms with E-state index in [-0.39, 0.29) is 57.2 Å². The summed E-state index contributed by atoms with van der Waals surface area (Å²) in [7, 11) is 0. The molecule has 0 saturated carbocycles. The molecule has 2 saturated heterocycles. The lowest BCUT2D eigenvalue weighted by molar-refractivity contribution is -0.158. The first-order valence-corrected chi connectivity index (χ1v) is 28.9. The molecule has 4 aromatic heterocycles. The molecular formula is C58H88N16O12. The van der Waals surface area contributed by atoms with Crippen LogP contribution in [0.15, 0.2) is 61.4 Å². The fourth-order valence-corrected chi connectivity index (χ4v) is 9.29. The molecule has 0 atom stereocenters. The lowest BCUT2D eigenvalue weighted by Gasteiger charge is -2.34. The van der Waals surface area contributed by atoms with Crippen LogP contribution in [-0.2, 0) is 56.1 Å². The number of pyridine rings is 2. The Balaban J connectivity index is 0.000000326. The van der Waals surface area contributed by atoms with E-state index in [1.54, 1.807) is 20.9 Å². The SMILES string of the molecule is CC(C)(C)OC(=O)CN1CCN(CC(=O)OC(C)(C)C)CCN(Cc2cccc(-c3cnncn3)n2)CCN(CC(=O)OC(C)(C)C)CC1.O=C(O)CN1CCN(CC(=O)O)CCN(Cc2cccc(-c3cnncn3)n2)CCN(CC(=O)O)CC1. The van der Waals surface area contributed by atoms with Crippen LogP contribution in [0.25, 0.3) is 22.8 Å². The van der Waals surface area contributed by atoms with Crippen LogP contribution in [0.4, 0.5) is 0 Å². The average Bonchev–Trinajstić information content (AvgIpc) is 3.11. The molecule has 86 heavy (non-hydrogen) atoms. The third kappa shape index (κ3) is 28.8. The predicted molar refractivity (Wildman–Crippen MR) is 316 cm³/mol. The van der Waals surface area contributed by atoms with Crippen molar-refractivity contribution in [1.82, 2.24) is 79.5 Å². The zero-order chi connectivity index (χ0) is 62.9. The number of carboxylic acid groups (broad SMARTS) is 3. The summed E-state index contributed by atoms with van der Waals surface area (Å²) >= 11 is 0. The number of rotatable bonds is 18. The zero-order valence-electron chi connectivity index (χ0n) is 51.4. The highest BCUT2D eigenvalue weighted by Crippen LogP contribution is 2.17. The third-order valence-electron chi connectivity index (χ3n) is 13.2. The normalized spacial score (nSPS) is 17.3. The Kier molecular flexibility index (Phi) is 27.7. The maximum atomic E-state index is 13.0. The smallest absolute Gasteiger partial charge is 0.320 e. The highest BCUT2D eigenvalue weighted by atomic mass is 16.6. The molecule has 0 unspecified atom stereocenters. The molecule has 0 bridgehead atoms. The van der Waals surface area contributed by atoms with E-state index in [9.17, 15) is 44.1 Å². The van der Waals surface area contributed by atoms with Gasteiger partial charge in [-0.15, -0.1) is 10.2 Å². The standard InChI is InChI=1S/C35H56N8O6.C23H32N8O6/c1-33(2,3)47-30(44)23-41-15-13-40(22-27-11-10-12-28(39-27)29-21-37-38-26-36-29)14-16-42(24-31(45)48-34(4,5)6)18-20-43(19-17-41)25-32(46)49-35(7,8)9;32-21(33)14-29-6-4-28(13-18-2-1-3-19(27-18)20-12-25-26-17-24-20)5-7-30(15-22(34)35)9-11-31(10-8-29)16-23(36)37/h10-12,21,26H,13-20,22-25H2,1-9H3;1-3,12,17H,4-11,13-16H2,(H,32,33)(H,34,35)(H,36,37). The van der Waals surface area contributed by atoms with Crippen molar-refractivity contribution < 1.29 is 58.3 Å². The number of hydrogen-bond acceptors (Lipinski definition) is 25. The number of carbonyl (C=O) groups excluding carboxylic acids is 3. The quantitative estimate of drug-likeness (QED) is 0.0941. The largest absolute Gasteiger partial charge is 0.480 e. The van der Waals surface area contributed by atoms with Crippen molar-refractivity contribution in [2.24, 2.45) is 0 Å². The number of ether oxygens (including phenoxy) is 3. The van der Waals surface area contributed by atoms with Gasteiger partial charge in [0.05, 0.1) is 74.4 Å². The minimum atomic E-state index is -0.986. The first-order chi connectivity index (χ1) is 40.6. The molecule has 6 rings (SSSR count). The Bertz CT molecular complexity index is 2690. The van der Waals surface area contributed by atoms with Gasteiger partial charge in [0.15, 0.2) is 0 Å². The minimum absolute atomic E-state index is 0.0911. The van der Waals surface area contributed by atoms with Crippen molar-refractivity contribution >= 4 is 35.8 Å². The molecule has 6 heterocycles. The van der Waals surface area contributed by atoms with E-state index in [2.05, 4.69) is 54.9 Å². The van der Waals surface area contributed by atoms with E-state index in [0.29, 0.717) is 141 Å². The summed E-state index contributed by atoms with van der Waals surface area (Å²) in [6, 6.07) is 11.4. The average molecular weight is 1200 g/mol. The predicted octanol–water partition coefficient (Wildman–Crippen LogP) is 1.59. The zero-order valence-corrected chi connectivity index (χ0v) is 51.4. The van der Waals surface area contributed by atoms with Crippen molar-refractivity contribution in [3.05, 3.63) is 72.8 Å². The summed E-state index contributed by atoms with van der Waals surface area (Å²) in [6.45, 7) is 25.3. The molecule has 0 amide bonds. The molecule has 0 aromatic carbocycles. The van der Waals surface area contributed by atoms with E-state index in [1.165, 1.54) is 18.9 Å². The second-order valence-electron chi connectivity index (χ2n) is 24.2. The first-order valence-electron chi connectivity index (χ1n) is 28.9. The molecule has 0 spiro atoms. The fraction of sp³-hybridized carbons (Fsp3) is 0.621. The fourth-order valence-electron chi connectivity index (χ4n) is 9.29. The summed E-state index contributed by atoms with van der Waals surface area (Å²) in [5.41, 5.74) is 2.39. The van der Waals surface area contributed by atoms with Crippen LogP contribution >= 0.6 is 0 Å². The topological polar surface area (TPSA) is 320 Å². The van der Waals surface area contributed by atoms with Crippen LogP contribution in [0, 0.1) is 0 Å². The van der Waals surface area contributed by atoms with E-state index < -0.39 is 34.7 Å². The van der Waals surface area contributed by atoms with Gasteiger partial charge in [0, 0.05) is 118 Å². The number of hydrogen-bond donors (Lipinski definition) is 3. The molecule has 28 heteroatoms. The molecule has 4 aromatic rings. The summed E-state index contributed by atoms with van der Waals surface area (Å²) < 4.78 is 17.0. The van der Waals surface area contributed by atoms with Gasteiger partial charge in [-0.3, -0.25) is 68.0 Å². The Morgan fingerprint density at radius 3 is 0.860 bits per heavy atom. The van der Waals surface area contributed by atoms with Gasteiger partial charge in [-0.1, -0.05) is 12.1 Å². The molecule has 0 radical (unpaired) electrons. The second-order valence-corrected chi connectivity index (χ2v) is 24.2. The van der Waals surface area contributed by atoms with Gasteiger partial charge in [0.25, 0.3) is 0 Å². The molecule has 2 fully saturated rings. The van der Waals surface area contributed by atoms with Crippen LogP contribution in [-0.4, -0.2) is 291 Å². The maximum Gasteiger partial charge on any atom is 0.320 e. The van der Waals surface area contributed by atoms with Gasteiger partial charge in [-0.2, -0.15) is 10.2 Å². The molecule has 2 aliphatic heterocycles. The molecule has 28 nitrogen and oxygen atoms in total. The van der Waals surface area contributed by atoms with Gasteiger partial charge in [0.1, 0.15) is 40.8 Å². The highest BCUT2D eigenvalue weighted by Gasteiger charge is 2.27. The number of nitrogens with zero attached hydrogens (tertiary/aromatic N) is 16. The molecule has 3 N–H and O–H groups in total. The first kappa shape index (κ1) is 69.6. The van der Waals surface area contributed by atoms with Crippen molar-refractivity contribution in [3.8, 4) is 22.8 Å². The maximum absolute atomic E-state index is 13.0. The Hall–Kier alpha value is -7.18. The number of aliphatic carboxylic acids is 3. The van der Waals surface area contributed by atoms with Gasteiger partial charge >= 0.3 is 35.8 Å². The Labute approximate surface area is 503 Å². The minimum Gasteiger partial charge on any atom is -0.480 e. The van der Waals surface area contributed by atoms with Crippen LogP contribution < -0.4 is 0 Å². The summed E-state index contributed by atoms with van der Waals surface area (Å²) in [5.74, 6) is -3.83. The number of esters is 3. The van der Waals surface area contributed by atoms with E-state index in [0.717, 1.165) is 11.4 Å². The van der Waals surface area contributed by atoms with Crippen molar-refractivity contribution in [1.29, 1.82) is 0 Å². The highest BCUT2D eigenvalue weighted by molar-refractivity contribution is 5.73. The number of aromatic nitrogens is 8. The van der Waals surface area contributed by atoms with Crippen molar-refractivity contribution in [2.45, 2.75) is 92.2 Å². The number of carbonyl (C=O) groups is 6. The summed E-state index contributed by atoms with van der Waals surface area (Å²) in [4.78, 5) is 107. The van der Waals surface area contributed by atoms with Crippen molar-refractivity contribution in [2.75, 3.05) is 144 Å². The van der Waals surface area contributed by atoms with E-state index in [1.807, 2.05) is 104 Å². The van der Waals surface area contributed by atoms with Gasteiger partial charge in [-0.05, 0) is 86.6 Å². The molecular weight excluding hydrogens is 1110 g/mol. The van der Waals surface area contributed by atoms with Gasteiger partial charge in [0.2, 0.25) is 0 Å². The van der Waals surface area contributed by atoms with E-state index in [4.69, 9.17) is 19.2 Å². The lowest BCUT2D eigenvalue weighted by Crippen LogP contribution is -2.49. The van der Waals surface area contributed by atoms with Crippen LogP contribution in [0.3, 0.4) is 0 Å². The number of carboxylic acids is 3. The summed E-state index contributed by atoms with van der Waals surface area (Å²) in [6.07, 6.45) is 5.86. The second kappa shape index (κ2) is 34.2. The van der Waals surface area contributed by atoms with Crippen LogP contribution in [0.2, 0.25) is 0 Å². The third-order valence-corrected chi connectivity index (χ3v) is 13.2. The van der Waals surface area contributed by atoms with Gasteiger partial charge in [-0.25, -0.2) is 19.9 Å². The molecule has 0 aliphatic carbocycles. The van der Waals surface area contributed by atoms with Gasteiger partial charge < -0.3 is 29.5 Å². The lowest BCUT2D eigenvalue weighted by atomic mass is 10.2. The van der Waals surface area contributed by atoms with E-state index >= 15 is 0 Å². The summed E-state index contributed by atoms with van der Waals surface area (Å²) in [5, 5.41) is 43.2. The Morgan fingerprint density at radius 2 is 0.628 bits per heavy atom. The van der Waals surface area contributed by atoms with Crippen molar-refractivity contribution in [3.63, 3.8) is 0 Å². The van der Waals surface area contributed by atoms with Crippen LogP contribution in [0.5, 0.6) is 0 Å². The molecule has 2 aliphatic rings. The monoisotopic (exact) mass is 1200 g/mol.